The van der Waals surface area contributed by atoms with Crippen LogP contribution in [0.4, 0.5) is 0 Å². The summed E-state index contributed by atoms with van der Waals surface area (Å²) in [5.41, 5.74) is 1.73. The van der Waals surface area contributed by atoms with Crippen LogP contribution in [0.5, 0.6) is 5.75 Å². The summed E-state index contributed by atoms with van der Waals surface area (Å²) in [6.07, 6.45) is 7.36. The quantitative estimate of drug-likeness (QED) is 0.462. The number of carbonyl (C=O) groups is 1. The third kappa shape index (κ3) is 5.25. The second-order valence-electron chi connectivity index (χ2n) is 9.15. The number of pyridine rings is 1. The maximum Gasteiger partial charge on any atom is 0.235 e. The van der Waals surface area contributed by atoms with Crippen molar-refractivity contribution >= 4 is 26.8 Å². The molecule has 0 unspecified atom stereocenters. The Morgan fingerprint density at radius 1 is 0.941 bits per heavy atom. The molecule has 0 saturated heterocycles. The molecule has 0 bridgehead atoms. The van der Waals surface area contributed by atoms with E-state index in [1.165, 1.54) is 6.92 Å². The first-order chi connectivity index (χ1) is 16.3. The van der Waals surface area contributed by atoms with Crippen LogP contribution < -0.4 is 4.74 Å². The van der Waals surface area contributed by atoms with Crippen LogP contribution in [-0.4, -0.2) is 29.9 Å². The van der Waals surface area contributed by atoms with Gasteiger partial charge in [0.05, 0.1) is 23.0 Å². The molecule has 0 aliphatic heterocycles. The maximum absolute atomic E-state index is 12.7. The van der Waals surface area contributed by atoms with Gasteiger partial charge in [0.1, 0.15) is 12.4 Å². The Labute approximate surface area is 202 Å². The molecule has 3 aromatic rings. The fourth-order valence-electron chi connectivity index (χ4n) is 5.16. The zero-order valence-corrected chi connectivity index (χ0v) is 20.7. The normalized spacial score (nSPS) is 16.4. The summed E-state index contributed by atoms with van der Waals surface area (Å²) in [6, 6.07) is 19.5. The fourth-order valence-corrected chi connectivity index (χ4v) is 6.55. The average Bonchev–Trinajstić information content (AvgIpc) is 2.78. The van der Waals surface area contributed by atoms with Crippen LogP contribution in [0, 0.1) is 0 Å². The van der Waals surface area contributed by atoms with Crippen LogP contribution in [0.1, 0.15) is 63.1 Å². The fraction of sp³-hybridized carbons (Fsp3) is 0.407. The third-order valence-electron chi connectivity index (χ3n) is 6.62. The lowest BCUT2D eigenvalue weighted by atomic mass is 9.78. The van der Waals surface area contributed by atoms with Gasteiger partial charge in [-0.3, -0.25) is 4.79 Å². The number of amides is 1. The van der Waals surface area contributed by atoms with Crippen molar-refractivity contribution in [3.63, 3.8) is 0 Å². The van der Waals surface area contributed by atoms with Gasteiger partial charge in [-0.25, -0.2) is 17.7 Å². The van der Waals surface area contributed by atoms with E-state index in [2.05, 4.69) is 4.98 Å². The van der Waals surface area contributed by atoms with Crippen molar-refractivity contribution in [3.8, 4) is 5.75 Å². The highest BCUT2D eigenvalue weighted by atomic mass is 32.2. The van der Waals surface area contributed by atoms with Gasteiger partial charge in [-0.1, -0.05) is 68.5 Å². The van der Waals surface area contributed by atoms with Crippen molar-refractivity contribution < 1.29 is 17.9 Å². The Hall–Kier alpha value is -2.93. The van der Waals surface area contributed by atoms with Gasteiger partial charge >= 0.3 is 0 Å². The Morgan fingerprint density at radius 3 is 2.24 bits per heavy atom. The number of benzene rings is 2. The minimum absolute atomic E-state index is 0.332. The second kappa shape index (κ2) is 10.1. The molecular formula is C27H32N2O4S. The molecule has 0 radical (unpaired) electrons. The van der Waals surface area contributed by atoms with Crippen molar-refractivity contribution in [3.05, 3.63) is 71.9 Å². The van der Waals surface area contributed by atoms with Crippen LogP contribution >= 0.6 is 0 Å². The number of nitrogens with zero attached hydrogens (tertiary/aromatic N) is 2. The first-order valence-electron chi connectivity index (χ1n) is 11.9. The van der Waals surface area contributed by atoms with Crippen LogP contribution in [0.15, 0.2) is 60.7 Å². The summed E-state index contributed by atoms with van der Waals surface area (Å²) in [4.78, 5) is 17.2. The summed E-state index contributed by atoms with van der Waals surface area (Å²) >= 11 is 0. The Kier molecular flexibility index (Phi) is 7.22. The molecule has 1 heterocycles. The molecule has 1 fully saturated rings. The molecule has 1 aliphatic rings. The van der Waals surface area contributed by atoms with E-state index in [9.17, 15) is 13.2 Å². The lowest BCUT2D eigenvalue weighted by molar-refractivity contribution is -0.129. The number of sulfonamides is 1. The van der Waals surface area contributed by atoms with Gasteiger partial charge in [0.25, 0.3) is 0 Å². The summed E-state index contributed by atoms with van der Waals surface area (Å²) in [5.74, 6) is 0.235. The number of hydrogen-bond acceptors (Lipinski definition) is 5. The summed E-state index contributed by atoms with van der Waals surface area (Å²) in [5, 5.41) is 1.08. The largest absolute Gasteiger partial charge is 0.487 e. The number of aromatic nitrogens is 1. The number of carbonyl (C=O) groups excluding carboxylic acids is 1. The molecule has 4 rings (SSSR count). The van der Waals surface area contributed by atoms with Crippen LogP contribution in [-0.2, 0) is 27.0 Å². The number of rotatable bonds is 6. The standard InChI is InChI=1S/C27H32N2O4S/c1-21(30)29(34(2,31)32)27(18-8-4-3-5-9-19-27)23-13-16-25(17-14-23)33-20-24-15-12-22-10-6-7-11-26(22)28-24/h6-7,10-17H,3-5,8-9,18-20H2,1-2H3. The van der Waals surface area contributed by atoms with E-state index in [0.717, 1.165) is 64.8 Å². The van der Waals surface area contributed by atoms with E-state index in [1.54, 1.807) is 0 Å². The van der Waals surface area contributed by atoms with Crippen molar-refractivity contribution in [1.82, 2.24) is 9.29 Å². The van der Waals surface area contributed by atoms with Gasteiger partial charge in [0, 0.05) is 12.3 Å². The Morgan fingerprint density at radius 2 is 1.59 bits per heavy atom. The second-order valence-corrected chi connectivity index (χ2v) is 11.0. The van der Waals surface area contributed by atoms with E-state index < -0.39 is 21.5 Å². The van der Waals surface area contributed by atoms with Gasteiger partial charge in [0.2, 0.25) is 15.9 Å². The molecule has 0 spiro atoms. The summed E-state index contributed by atoms with van der Waals surface area (Å²) in [6.45, 7) is 1.67. The van der Waals surface area contributed by atoms with E-state index in [0.29, 0.717) is 25.2 Å². The zero-order chi connectivity index (χ0) is 24.2. The maximum atomic E-state index is 12.7. The lowest BCUT2D eigenvalue weighted by Gasteiger charge is -2.43. The van der Waals surface area contributed by atoms with Crippen LogP contribution in [0.3, 0.4) is 0 Å². The highest BCUT2D eigenvalue weighted by Crippen LogP contribution is 2.42. The molecule has 1 amide bonds. The van der Waals surface area contributed by atoms with E-state index in [-0.39, 0.29) is 0 Å². The predicted octanol–water partition coefficient (Wildman–Crippen LogP) is 5.56. The molecule has 1 aliphatic carbocycles. The van der Waals surface area contributed by atoms with Crippen molar-refractivity contribution in [1.29, 1.82) is 0 Å². The van der Waals surface area contributed by atoms with Crippen molar-refractivity contribution in [2.24, 2.45) is 0 Å². The number of hydrogen-bond donors (Lipinski definition) is 0. The molecule has 0 atom stereocenters. The van der Waals surface area contributed by atoms with Crippen molar-refractivity contribution in [2.45, 2.75) is 64.0 Å². The molecule has 1 saturated carbocycles. The van der Waals surface area contributed by atoms with Gasteiger partial charge in [-0.2, -0.15) is 0 Å². The smallest absolute Gasteiger partial charge is 0.235 e. The number of ether oxygens (including phenoxy) is 1. The van der Waals surface area contributed by atoms with E-state index >= 15 is 0 Å². The summed E-state index contributed by atoms with van der Waals surface area (Å²) < 4.78 is 32.6. The summed E-state index contributed by atoms with van der Waals surface area (Å²) in [7, 11) is -3.73. The van der Waals surface area contributed by atoms with Gasteiger partial charge in [-0.05, 0) is 42.7 Å². The SMILES string of the molecule is CC(=O)N(C1(c2ccc(OCc3ccc4ccccc4n3)cc2)CCCCCCC1)S(C)(=O)=O. The first kappa shape index (κ1) is 24.2. The molecule has 7 heteroatoms. The van der Waals surface area contributed by atoms with Crippen LogP contribution in [0.25, 0.3) is 10.9 Å². The van der Waals surface area contributed by atoms with E-state index in [1.807, 2.05) is 60.7 Å². The Balaban J connectivity index is 1.59. The molecule has 2 aromatic carbocycles. The third-order valence-corrected chi connectivity index (χ3v) is 7.89. The highest BCUT2D eigenvalue weighted by Gasteiger charge is 2.44. The Bertz CT molecular complexity index is 1250. The topological polar surface area (TPSA) is 76.6 Å². The molecule has 180 valence electrons. The van der Waals surface area contributed by atoms with E-state index in [4.69, 9.17) is 4.74 Å². The molecule has 34 heavy (non-hydrogen) atoms. The zero-order valence-electron chi connectivity index (χ0n) is 19.9. The van der Waals surface area contributed by atoms with Crippen molar-refractivity contribution in [2.75, 3.05) is 6.26 Å². The first-order valence-corrected chi connectivity index (χ1v) is 13.7. The molecule has 0 N–H and O–H groups in total. The molecule has 6 nitrogen and oxygen atoms in total. The lowest BCUT2D eigenvalue weighted by Crippen LogP contribution is -2.51. The van der Waals surface area contributed by atoms with Crippen LogP contribution in [0.2, 0.25) is 0 Å². The number of para-hydroxylation sites is 1. The monoisotopic (exact) mass is 480 g/mol. The van der Waals surface area contributed by atoms with Gasteiger partial charge in [-0.15, -0.1) is 0 Å². The predicted molar refractivity (Wildman–Crippen MR) is 134 cm³/mol. The molecular weight excluding hydrogens is 448 g/mol. The average molecular weight is 481 g/mol. The van der Waals surface area contributed by atoms with Gasteiger partial charge in [0.15, 0.2) is 0 Å². The van der Waals surface area contributed by atoms with Gasteiger partial charge < -0.3 is 4.74 Å². The minimum atomic E-state index is -3.73. The highest BCUT2D eigenvalue weighted by molar-refractivity contribution is 7.88. The minimum Gasteiger partial charge on any atom is -0.487 e. The number of fused-ring (bicyclic) bond motifs is 1. The molecule has 1 aromatic heterocycles.